The van der Waals surface area contributed by atoms with E-state index in [1.54, 1.807) is 4.90 Å². The number of aliphatic hydroxyl groups excluding tert-OH is 1. The maximum absolute atomic E-state index is 11.8. The minimum absolute atomic E-state index is 0.00940. The zero-order chi connectivity index (χ0) is 11.2. The summed E-state index contributed by atoms with van der Waals surface area (Å²) >= 11 is 0. The Morgan fingerprint density at radius 3 is 2.47 bits per heavy atom. The monoisotopic (exact) mass is 213 g/mol. The van der Waals surface area contributed by atoms with Crippen LogP contribution in [0.3, 0.4) is 0 Å². The summed E-state index contributed by atoms with van der Waals surface area (Å²) in [6, 6.07) is -0.00940. The van der Waals surface area contributed by atoms with E-state index in [-0.39, 0.29) is 24.2 Å². The van der Waals surface area contributed by atoms with E-state index >= 15 is 0 Å². The molecular weight excluding hydrogens is 194 g/mol. The van der Waals surface area contributed by atoms with Gasteiger partial charge in [0.1, 0.15) is 5.60 Å². The van der Waals surface area contributed by atoms with Gasteiger partial charge in [-0.15, -0.1) is 0 Å². The predicted octanol–water partition coefficient (Wildman–Crippen LogP) is 1.38. The van der Waals surface area contributed by atoms with Crippen LogP contribution in [0.2, 0.25) is 0 Å². The van der Waals surface area contributed by atoms with Gasteiger partial charge in [-0.3, -0.25) is 0 Å². The molecule has 0 aromatic heterocycles. The molecule has 1 heterocycles. The average molecular weight is 213 g/mol. The van der Waals surface area contributed by atoms with Gasteiger partial charge in [0.25, 0.3) is 0 Å². The summed E-state index contributed by atoms with van der Waals surface area (Å²) in [5.41, 5.74) is -0.454. The molecule has 2 rings (SSSR count). The van der Waals surface area contributed by atoms with Crippen LogP contribution in [0.25, 0.3) is 0 Å². The number of nitrogens with zero attached hydrogens (tertiary/aromatic N) is 1. The second-order valence-electron chi connectivity index (χ2n) is 5.53. The number of carbonyl (C=O) groups is 1. The topological polar surface area (TPSA) is 49.8 Å². The molecule has 1 saturated carbocycles. The normalized spacial score (nSPS) is 34.7. The Morgan fingerprint density at radius 2 is 2.07 bits per heavy atom. The fraction of sp³-hybridized carbons (Fsp3) is 0.909. The molecule has 1 N–H and O–H groups in total. The van der Waals surface area contributed by atoms with Crippen molar-refractivity contribution in [3.05, 3.63) is 0 Å². The minimum atomic E-state index is -0.454. The van der Waals surface area contributed by atoms with Crippen LogP contribution in [0.1, 0.15) is 33.6 Å². The van der Waals surface area contributed by atoms with Crippen molar-refractivity contribution in [3.63, 3.8) is 0 Å². The van der Waals surface area contributed by atoms with Gasteiger partial charge in [-0.25, -0.2) is 4.79 Å². The second kappa shape index (κ2) is 3.37. The zero-order valence-corrected chi connectivity index (χ0v) is 9.56. The molecule has 0 aromatic rings. The SMILES string of the molecule is CC(C)(C)OC(=O)N1C[C@H]2CC[C@H]1[C@H]2O. The lowest BCUT2D eigenvalue weighted by Gasteiger charge is -2.29. The van der Waals surface area contributed by atoms with Gasteiger partial charge in [0, 0.05) is 12.5 Å². The first-order valence-electron chi connectivity index (χ1n) is 5.56. The molecule has 86 valence electrons. The van der Waals surface area contributed by atoms with Gasteiger partial charge >= 0.3 is 6.09 Å². The molecule has 4 nitrogen and oxygen atoms in total. The van der Waals surface area contributed by atoms with Crippen LogP contribution in [0.5, 0.6) is 0 Å². The van der Waals surface area contributed by atoms with Crippen molar-refractivity contribution in [1.82, 2.24) is 4.90 Å². The number of likely N-dealkylation sites (tertiary alicyclic amines) is 1. The number of fused-ring (bicyclic) bond motifs is 2. The van der Waals surface area contributed by atoms with Crippen molar-refractivity contribution >= 4 is 6.09 Å². The van der Waals surface area contributed by atoms with Gasteiger partial charge in [-0.2, -0.15) is 0 Å². The molecule has 15 heavy (non-hydrogen) atoms. The molecule has 1 amide bonds. The van der Waals surface area contributed by atoms with E-state index in [0.29, 0.717) is 6.54 Å². The Balaban J connectivity index is 1.99. The van der Waals surface area contributed by atoms with Crippen LogP contribution in [0.4, 0.5) is 4.79 Å². The Labute approximate surface area is 90.2 Å². The van der Waals surface area contributed by atoms with Crippen molar-refractivity contribution in [2.45, 2.75) is 51.4 Å². The number of hydrogen-bond acceptors (Lipinski definition) is 3. The number of rotatable bonds is 0. The third kappa shape index (κ3) is 1.95. The van der Waals surface area contributed by atoms with Crippen molar-refractivity contribution in [1.29, 1.82) is 0 Å². The summed E-state index contributed by atoms with van der Waals surface area (Å²) in [5, 5.41) is 9.80. The molecule has 0 spiro atoms. The van der Waals surface area contributed by atoms with Crippen LogP contribution in [-0.4, -0.2) is 40.4 Å². The minimum Gasteiger partial charge on any atom is -0.444 e. The molecule has 0 unspecified atom stereocenters. The highest BCUT2D eigenvalue weighted by Crippen LogP contribution is 2.38. The summed E-state index contributed by atoms with van der Waals surface area (Å²) in [7, 11) is 0. The molecule has 0 radical (unpaired) electrons. The standard InChI is InChI=1S/C11H19NO3/c1-11(2,3)15-10(14)12-6-7-4-5-8(12)9(7)13/h7-9,13H,4-6H2,1-3H3/t7-,8+,9+/m1/s1. The Kier molecular flexibility index (Phi) is 2.41. The fourth-order valence-corrected chi connectivity index (χ4v) is 2.50. The van der Waals surface area contributed by atoms with Crippen molar-refractivity contribution in [2.24, 2.45) is 5.92 Å². The summed E-state index contributed by atoms with van der Waals surface area (Å²) in [6.45, 7) is 6.22. The molecule has 3 atom stereocenters. The molecule has 0 aromatic carbocycles. The number of ether oxygens (including phenoxy) is 1. The maximum atomic E-state index is 11.8. The zero-order valence-electron chi connectivity index (χ0n) is 9.56. The summed E-state index contributed by atoms with van der Waals surface area (Å²) in [4.78, 5) is 13.5. The van der Waals surface area contributed by atoms with E-state index in [1.807, 2.05) is 20.8 Å². The molecule has 1 aliphatic heterocycles. The highest BCUT2D eigenvalue weighted by Gasteiger charge is 2.48. The molecule has 1 saturated heterocycles. The van der Waals surface area contributed by atoms with Gasteiger partial charge in [-0.1, -0.05) is 0 Å². The molecule has 2 bridgehead atoms. The quantitative estimate of drug-likeness (QED) is 0.661. The molecule has 2 fully saturated rings. The number of carbonyl (C=O) groups excluding carboxylic acids is 1. The van der Waals surface area contributed by atoms with Gasteiger partial charge in [0.05, 0.1) is 12.1 Å². The van der Waals surface area contributed by atoms with Crippen LogP contribution >= 0.6 is 0 Å². The molecule has 2 aliphatic rings. The highest BCUT2D eigenvalue weighted by molar-refractivity contribution is 5.69. The molecule has 4 heteroatoms. The van der Waals surface area contributed by atoms with Crippen LogP contribution < -0.4 is 0 Å². The number of piperidine rings is 1. The van der Waals surface area contributed by atoms with Crippen LogP contribution in [0.15, 0.2) is 0 Å². The smallest absolute Gasteiger partial charge is 0.410 e. The van der Waals surface area contributed by atoms with E-state index in [0.717, 1.165) is 12.8 Å². The van der Waals surface area contributed by atoms with Gasteiger partial charge in [0.15, 0.2) is 0 Å². The van der Waals surface area contributed by atoms with Gasteiger partial charge in [0.2, 0.25) is 0 Å². The third-order valence-electron chi connectivity index (χ3n) is 3.17. The largest absolute Gasteiger partial charge is 0.444 e. The third-order valence-corrected chi connectivity index (χ3v) is 3.17. The van der Waals surface area contributed by atoms with Crippen molar-refractivity contribution < 1.29 is 14.6 Å². The van der Waals surface area contributed by atoms with Crippen molar-refractivity contribution in [3.8, 4) is 0 Å². The van der Waals surface area contributed by atoms with E-state index in [4.69, 9.17) is 4.74 Å². The Morgan fingerprint density at radius 1 is 1.40 bits per heavy atom. The van der Waals surface area contributed by atoms with Gasteiger partial charge < -0.3 is 14.7 Å². The Hall–Kier alpha value is -0.770. The van der Waals surface area contributed by atoms with E-state index in [2.05, 4.69) is 0 Å². The van der Waals surface area contributed by atoms with Crippen molar-refractivity contribution in [2.75, 3.05) is 6.54 Å². The Bertz CT molecular complexity index is 271. The van der Waals surface area contributed by atoms with E-state index in [1.165, 1.54) is 0 Å². The lowest BCUT2D eigenvalue weighted by Crippen LogP contribution is -2.42. The van der Waals surface area contributed by atoms with E-state index < -0.39 is 5.60 Å². The lowest BCUT2D eigenvalue weighted by molar-refractivity contribution is 0.0151. The second-order valence-corrected chi connectivity index (χ2v) is 5.53. The van der Waals surface area contributed by atoms with E-state index in [9.17, 15) is 9.90 Å². The molecule has 1 aliphatic carbocycles. The van der Waals surface area contributed by atoms with Gasteiger partial charge in [-0.05, 0) is 33.6 Å². The first-order chi connectivity index (χ1) is 6.88. The van der Waals surface area contributed by atoms with Crippen LogP contribution in [-0.2, 0) is 4.74 Å². The lowest BCUT2D eigenvalue weighted by atomic mass is 10.1. The predicted molar refractivity (Wildman–Crippen MR) is 55.5 cm³/mol. The average Bonchev–Trinajstić information content (AvgIpc) is 2.59. The number of aliphatic hydroxyl groups is 1. The van der Waals surface area contributed by atoms with Crippen LogP contribution in [0, 0.1) is 5.92 Å². The summed E-state index contributed by atoms with van der Waals surface area (Å²) < 4.78 is 5.30. The first kappa shape index (κ1) is 10.7. The molecular formula is C11H19NO3. The fourth-order valence-electron chi connectivity index (χ4n) is 2.50. The maximum Gasteiger partial charge on any atom is 0.410 e. The summed E-state index contributed by atoms with van der Waals surface area (Å²) in [5.74, 6) is 0.266. The number of hydrogen-bond donors (Lipinski definition) is 1. The summed E-state index contributed by atoms with van der Waals surface area (Å²) in [6.07, 6.45) is 1.32. The first-order valence-corrected chi connectivity index (χ1v) is 5.56. The number of amides is 1. The highest BCUT2D eigenvalue weighted by atomic mass is 16.6.